The number of fused-ring (bicyclic) bond motifs is 20. The van der Waals surface area contributed by atoms with Gasteiger partial charge < -0.3 is 29.9 Å². The Balaban J connectivity index is 0.00000455. The summed E-state index contributed by atoms with van der Waals surface area (Å²) < 4.78 is 0.569. The predicted octanol–water partition coefficient (Wildman–Crippen LogP) is 10.2. The Morgan fingerprint density at radius 3 is 1.35 bits per heavy atom. The van der Waals surface area contributed by atoms with Gasteiger partial charge in [0, 0.05) is 50.2 Å². The Labute approximate surface area is 344 Å². The summed E-state index contributed by atoms with van der Waals surface area (Å²) in [5, 5.41) is 3.65. The second-order valence-corrected chi connectivity index (χ2v) is 19.2. The monoisotopic (exact) mass is 797 g/mol. The van der Waals surface area contributed by atoms with E-state index in [0.717, 1.165) is 49.5 Å². The molecule has 4 aromatic carbocycles. The van der Waals surface area contributed by atoms with Crippen LogP contribution in [0.4, 0.5) is 5.69 Å². The molecule has 5 heterocycles. The Hall–Kier alpha value is -5.29. The Morgan fingerprint density at radius 2 is 0.842 bits per heavy atom. The fourth-order valence-corrected chi connectivity index (χ4v) is 7.65. The fourth-order valence-electron chi connectivity index (χ4n) is 7.65. The molecule has 0 saturated heterocycles. The molecule has 0 saturated carbocycles. The average molecular weight is 798 g/mol. The molecule has 3 aromatic heterocycles. The van der Waals surface area contributed by atoms with Gasteiger partial charge in [-0.05, 0) is 68.0 Å². The van der Waals surface area contributed by atoms with E-state index < -0.39 is 0 Å². The first-order valence-electron chi connectivity index (χ1n) is 19.4. The van der Waals surface area contributed by atoms with Crippen LogP contribution in [0.1, 0.15) is 79.0 Å². The minimum atomic E-state index is -0.0864. The predicted molar refractivity (Wildman–Crippen MR) is 230 cm³/mol. The minimum absolute atomic E-state index is 0. The Kier molecular flexibility index (Phi) is 8.70. The summed E-state index contributed by atoms with van der Waals surface area (Å²) in [4.78, 5) is 41.8. The van der Waals surface area contributed by atoms with Crippen molar-refractivity contribution in [3.05, 3.63) is 89.5 Å². The van der Waals surface area contributed by atoms with Crippen LogP contribution in [-0.2, 0) is 33.0 Å². The van der Waals surface area contributed by atoms with Crippen LogP contribution >= 0.6 is 0 Å². The fraction of sp³-hybridized carbons (Fsp3) is 0.319. The maximum Gasteiger partial charge on any atom is 2.00 e. The zero-order chi connectivity index (χ0) is 39.7. The zero-order valence-corrected chi connectivity index (χ0v) is 35.8. The number of hydrogen-bond acceptors (Lipinski definition) is 6. The molecule has 7 aromatic rings. The summed E-state index contributed by atoms with van der Waals surface area (Å²) in [5.41, 5.74) is 10.2. The van der Waals surface area contributed by atoms with E-state index in [-0.39, 0.29) is 33.0 Å². The molecule has 0 fully saturated rings. The van der Waals surface area contributed by atoms with Crippen LogP contribution in [0.5, 0.6) is 0 Å². The van der Waals surface area contributed by atoms with Crippen LogP contribution in [0.3, 0.4) is 0 Å². The largest absolute Gasteiger partial charge is 2.00 e. The molecule has 0 spiro atoms. The third-order valence-corrected chi connectivity index (χ3v) is 11.0. The van der Waals surface area contributed by atoms with E-state index in [9.17, 15) is 0 Å². The smallest absolute Gasteiger partial charge is 0.357 e. The maximum absolute atomic E-state index is 5.29. The molecule has 2 aliphatic rings. The van der Waals surface area contributed by atoms with Crippen LogP contribution in [0.15, 0.2) is 72.8 Å². The van der Waals surface area contributed by atoms with Crippen molar-refractivity contribution in [1.29, 1.82) is 0 Å². The van der Waals surface area contributed by atoms with E-state index in [1.165, 1.54) is 16.7 Å². The SMILES string of the molecule is CC(C)(C)c1ccc2c(c1)-c1nc-2nc2[n-]c(nc3nc(nc4[n-]c(n1)c1ccc(C(C)(C)C)cc41)-c1ccc(C(C)(C)C)cc1-3)c1cccc([N+](C)(C)C)c21.[Co+2]. The van der Waals surface area contributed by atoms with Gasteiger partial charge >= 0.3 is 16.8 Å². The molecule has 9 nitrogen and oxygen atoms in total. The number of benzene rings is 4. The zero-order valence-electron chi connectivity index (χ0n) is 34.8. The van der Waals surface area contributed by atoms with E-state index in [2.05, 4.69) is 156 Å². The summed E-state index contributed by atoms with van der Waals surface area (Å²) in [7, 11) is 6.47. The molecule has 0 amide bonds. The molecule has 0 atom stereocenters. The van der Waals surface area contributed by atoms with Crippen molar-refractivity contribution in [2.24, 2.45) is 0 Å². The molecule has 2 aliphatic heterocycles. The molecule has 0 unspecified atom stereocenters. The van der Waals surface area contributed by atoms with E-state index in [1.54, 1.807) is 0 Å². The summed E-state index contributed by atoms with van der Waals surface area (Å²) in [5.74, 6) is 2.23. The normalized spacial score (nSPS) is 13.1. The third-order valence-electron chi connectivity index (χ3n) is 11.0. The van der Waals surface area contributed by atoms with Gasteiger partial charge in [0.05, 0.1) is 49.8 Å². The van der Waals surface area contributed by atoms with Crippen molar-refractivity contribution in [2.75, 3.05) is 21.1 Å². The molecule has 8 bridgehead atoms. The second-order valence-electron chi connectivity index (χ2n) is 19.2. The number of hydrogen-bond donors (Lipinski definition) is 0. The summed E-state index contributed by atoms with van der Waals surface area (Å²) in [6, 6.07) is 25.7. The number of aromatic nitrogens is 8. The van der Waals surface area contributed by atoms with E-state index >= 15 is 0 Å². The van der Waals surface area contributed by atoms with Gasteiger partial charge in [0.1, 0.15) is 5.69 Å². The number of nitrogens with zero attached hydrogens (tertiary/aromatic N) is 9. The number of quaternary nitrogens is 1. The molecule has 0 N–H and O–H groups in total. The maximum atomic E-state index is 5.29. The van der Waals surface area contributed by atoms with E-state index in [0.29, 0.717) is 50.4 Å². The van der Waals surface area contributed by atoms with E-state index in [4.69, 9.17) is 39.9 Å². The van der Waals surface area contributed by atoms with Crippen molar-refractivity contribution < 1.29 is 16.8 Å². The Bertz CT molecular complexity index is 2940. The van der Waals surface area contributed by atoms with Crippen LogP contribution in [0.25, 0.3) is 89.7 Å². The third kappa shape index (κ3) is 6.53. The summed E-state index contributed by atoms with van der Waals surface area (Å²) in [6.07, 6.45) is 0. The molecular weight excluding hydrogens is 750 g/mol. The first-order chi connectivity index (χ1) is 26.2. The van der Waals surface area contributed by atoms with Gasteiger partial charge in [-0.3, -0.25) is 4.48 Å². The van der Waals surface area contributed by atoms with Gasteiger partial charge in [-0.15, -0.1) is 0 Å². The topological polar surface area (TPSA) is 106 Å². The van der Waals surface area contributed by atoms with Gasteiger partial charge in [0.25, 0.3) is 0 Å². The van der Waals surface area contributed by atoms with Crippen molar-refractivity contribution in [2.45, 2.75) is 78.6 Å². The average Bonchev–Trinajstić information content (AvgIpc) is 3.84. The Morgan fingerprint density at radius 1 is 0.421 bits per heavy atom. The second kappa shape index (κ2) is 12.9. The van der Waals surface area contributed by atoms with Crippen molar-refractivity contribution in [1.82, 2.24) is 44.4 Å². The van der Waals surface area contributed by atoms with E-state index in [1.807, 2.05) is 0 Å². The molecule has 1 radical (unpaired) electrons. The van der Waals surface area contributed by atoms with Crippen molar-refractivity contribution in [3.8, 4) is 45.6 Å². The molecular formula is C47H48CoN9+. The van der Waals surface area contributed by atoms with Crippen LogP contribution in [0, 0.1) is 0 Å². The van der Waals surface area contributed by atoms with Gasteiger partial charge in [-0.25, -0.2) is 9.97 Å². The quantitative estimate of drug-likeness (QED) is 0.151. The van der Waals surface area contributed by atoms with Gasteiger partial charge in [0.15, 0.2) is 0 Å². The van der Waals surface area contributed by atoms with Crippen LogP contribution in [0.2, 0.25) is 0 Å². The van der Waals surface area contributed by atoms with Gasteiger partial charge in [-0.2, -0.15) is 0 Å². The molecule has 0 aliphatic carbocycles. The standard InChI is InChI=1S/C47H48N9.Co/c1-45(2,3)25-16-19-28-32(22-25)41-48-37(28)50-42-34-24-27(47(7,8)9)18-21-30(34)39(52-42)54-44-36-31(14-13-15-35(36)56(10,11)12)40(55-44)53-43-33-23-26(46(4,5)6)17-20-29(33)38(49-41)51-43;/h13-24H,1-12H3;/q-1;+2. The van der Waals surface area contributed by atoms with Crippen molar-refractivity contribution in [3.63, 3.8) is 0 Å². The molecule has 10 heteroatoms. The first kappa shape index (κ1) is 38.6. The van der Waals surface area contributed by atoms with Gasteiger partial charge in [-0.1, -0.05) is 111 Å². The van der Waals surface area contributed by atoms with Gasteiger partial charge in [0.2, 0.25) is 0 Å². The molecule has 57 heavy (non-hydrogen) atoms. The summed E-state index contributed by atoms with van der Waals surface area (Å²) in [6.45, 7) is 20.0. The minimum Gasteiger partial charge on any atom is -0.357 e. The van der Waals surface area contributed by atoms with Crippen LogP contribution in [-0.4, -0.2) is 51.0 Å². The van der Waals surface area contributed by atoms with Crippen LogP contribution < -0.4 is 14.5 Å². The molecule has 9 rings (SSSR count). The van der Waals surface area contributed by atoms with Crippen molar-refractivity contribution >= 4 is 49.8 Å². The first-order valence-corrected chi connectivity index (χ1v) is 19.4. The number of rotatable bonds is 1. The molecule has 289 valence electrons. The summed E-state index contributed by atoms with van der Waals surface area (Å²) >= 11 is 0.